The van der Waals surface area contributed by atoms with Crippen LogP contribution in [-0.2, 0) is 23.7 Å². The molecule has 0 N–H and O–H groups in total. The Morgan fingerprint density at radius 2 is 1.71 bits per heavy atom. The molecule has 1 aromatic heterocycles. The minimum absolute atomic E-state index is 0.0856. The number of benzene rings is 1. The molecule has 49 heavy (non-hydrogen) atoms. The summed E-state index contributed by atoms with van der Waals surface area (Å²) in [6.07, 6.45) is 0.642. The monoisotopic (exact) mass is 761 g/mol. The molecule has 1 aromatic carbocycles. The van der Waals surface area contributed by atoms with E-state index in [1.807, 2.05) is 19.9 Å². The summed E-state index contributed by atoms with van der Waals surface area (Å²) in [5.41, 5.74) is -0.825. The average Bonchev–Trinajstić information content (AvgIpc) is 3.62. The summed E-state index contributed by atoms with van der Waals surface area (Å²) in [6.45, 7) is 17.5. The van der Waals surface area contributed by atoms with Gasteiger partial charge >= 0.3 is 12.2 Å². The van der Waals surface area contributed by atoms with E-state index in [1.54, 1.807) is 84.1 Å². The van der Waals surface area contributed by atoms with Gasteiger partial charge in [0.1, 0.15) is 47.7 Å². The van der Waals surface area contributed by atoms with Crippen molar-refractivity contribution in [3.63, 3.8) is 0 Å². The molecule has 0 unspecified atom stereocenters. The molecule has 15 heteroatoms. The lowest BCUT2D eigenvalue weighted by atomic mass is 10.1. The highest BCUT2D eigenvalue weighted by Gasteiger charge is 2.58. The smallest absolute Gasteiger partial charge is 0.425 e. The molecule has 0 spiro atoms. The highest BCUT2D eigenvalue weighted by Crippen LogP contribution is 2.42. The number of amidine groups is 1. The number of amides is 2. The first-order valence-electron chi connectivity index (χ1n) is 15.6. The number of ether oxygens (including phenoxy) is 6. The zero-order chi connectivity index (χ0) is 36.1. The van der Waals surface area contributed by atoms with Gasteiger partial charge in [0.05, 0.1) is 16.1 Å². The van der Waals surface area contributed by atoms with Gasteiger partial charge in [-0.25, -0.2) is 14.6 Å². The quantitative estimate of drug-likeness (QED) is 0.278. The van der Waals surface area contributed by atoms with Crippen LogP contribution in [0.15, 0.2) is 62.5 Å². The number of carbonyl (C=O) groups excluding carboxylic acids is 2. The van der Waals surface area contributed by atoms with Gasteiger partial charge in [0, 0.05) is 35.4 Å². The lowest BCUT2D eigenvalue weighted by Gasteiger charge is -2.31. The van der Waals surface area contributed by atoms with Gasteiger partial charge in [-0.15, -0.1) is 0 Å². The van der Waals surface area contributed by atoms with Crippen molar-refractivity contribution in [3.05, 3.63) is 57.6 Å². The van der Waals surface area contributed by atoms with Crippen LogP contribution in [0.3, 0.4) is 0 Å². The number of nitrogens with zero attached hydrogens (tertiary/aromatic N) is 5. The standard InChI is InChI=1S/C34H41BrClN5O8/c1-32(2,3)48-30(42)41(31(43)49-33(4,5)6)28(38-10)20-11-12-40(27(20)37-9)29-26-25(46-34(7,8)47-26)24(45-29)17-44-23-15-22-18(14-21(23)36)13-19(35)16-39-22/h11-16,24-26,29H,10,17H2,1-9H3/b28-20+,37-27?/t24-,25-,26-,29-/m1/s1. The zero-order valence-electron chi connectivity index (χ0n) is 28.9. The first-order valence-corrected chi connectivity index (χ1v) is 16.8. The molecule has 0 radical (unpaired) electrons. The van der Waals surface area contributed by atoms with Gasteiger partial charge in [-0.1, -0.05) is 11.6 Å². The summed E-state index contributed by atoms with van der Waals surface area (Å²) >= 11 is 10.0. The lowest BCUT2D eigenvalue weighted by molar-refractivity contribution is -0.199. The molecule has 3 aliphatic heterocycles. The van der Waals surface area contributed by atoms with E-state index in [2.05, 4.69) is 37.6 Å². The number of fused-ring (bicyclic) bond motifs is 2. The Labute approximate surface area is 299 Å². The fourth-order valence-electron chi connectivity index (χ4n) is 5.60. The van der Waals surface area contributed by atoms with Gasteiger partial charge < -0.3 is 33.3 Å². The summed E-state index contributed by atoms with van der Waals surface area (Å²) in [5, 5.41) is 1.28. The summed E-state index contributed by atoms with van der Waals surface area (Å²) in [7, 11) is 1.57. The van der Waals surface area contributed by atoms with Gasteiger partial charge in [0.15, 0.2) is 17.8 Å². The van der Waals surface area contributed by atoms with E-state index in [0.29, 0.717) is 27.1 Å². The summed E-state index contributed by atoms with van der Waals surface area (Å²) in [4.78, 5) is 42.4. The Morgan fingerprint density at radius 1 is 1.08 bits per heavy atom. The first kappa shape index (κ1) is 36.7. The first-order chi connectivity index (χ1) is 22.8. The molecule has 5 rings (SSSR count). The van der Waals surface area contributed by atoms with Crippen molar-refractivity contribution in [3.8, 4) is 5.75 Å². The second kappa shape index (κ2) is 13.6. The van der Waals surface area contributed by atoms with E-state index in [4.69, 9.17) is 40.0 Å². The maximum Gasteiger partial charge on any atom is 0.425 e. The molecular formula is C34H41BrClN5O8. The normalized spacial score (nSPS) is 25.0. The third kappa shape index (κ3) is 8.09. The van der Waals surface area contributed by atoms with E-state index in [-0.39, 0.29) is 12.4 Å². The van der Waals surface area contributed by atoms with Crippen molar-refractivity contribution in [1.82, 2.24) is 14.8 Å². The summed E-state index contributed by atoms with van der Waals surface area (Å²) < 4.78 is 37.3. The minimum atomic E-state index is -0.988. The minimum Gasteiger partial charge on any atom is -0.489 e. The second-order valence-corrected chi connectivity index (χ2v) is 15.4. The van der Waals surface area contributed by atoms with Gasteiger partial charge in [0.2, 0.25) is 0 Å². The number of hydrogen-bond acceptors (Lipinski definition) is 11. The Kier molecular flexibility index (Phi) is 10.2. The maximum atomic E-state index is 13.5. The van der Waals surface area contributed by atoms with E-state index in [1.165, 1.54) is 0 Å². The van der Waals surface area contributed by atoms with E-state index in [9.17, 15) is 9.59 Å². The third-order valence-corrected chi connectivity index (χ3v) is 8.09. The van der Waals surface area contributed by atoms with Gasteiger partial charge in [0.25, 0.3) is 0 Å². The number of aliphatic imine (C=N–C) groups is 2. The highest BCUT2D eigenvalue weighted by molar-refractivity contribution is 9.10. The van der Waals surface area contributed by atoms with Crippen molar-refractivity contribution < 1.29 is 38.0 Å². The van der Waals surface area contributed by atoms with E-state index >= 15 is 0 Å². The molecule has 4 heterocycles. The molecule has 2 fully saturated rings. The number of halogens is 2. The topological polar surface area (TPSA) is 134 Å². The Morgan fingerprint density at radius 3 is 2.31 bits per heavy atom. The van der Waals surface area contributed by atoms with Crippen LogP contribution >= 0.6 is 27.5 Å². The van der Waals surface area contributed by atoms with E-state index < -0.39 is 53.7 Å². The average molecular weight is 763 g/mol. The predicted molar refractivity (Wildman–Crippen MR) is 188 cm³/mol. The largest absolute Gasteiger partial charge is 0.489 e. The van der Waals surface area contributed by atoms with Crippen LogP contribution < -0.4 is 4.74 Å². The van der Waals surface area contributed by atoms with Gasteiger partial charge in [-0.05, 0) is 96.2 Å². The molecule has 264 valence electrons. The SMILES string of the molecule is C=N/C(=C1/C=CN([C@@H]2O[C@H](COc3cc4ncc(Br)cc4cc3Cl)[C@H]3OC(C)(C)O[C@H]32)C1=NC)N(C(=O)OC(C)(C)C)C(=O)OC(C)(C)C. The molecule has 2 amide bonds. The van der Waals surface area contributed by atoms with Crippen LogP contribution in [0.4, 0.5) is 9.59 Å². The molecule has 2 saturated heterocycles. The highest BCUT2D eigenvalue weighted by atomic mass is 79.9. The van der Waals surface area contributed by atoms with Crippen LogP contribution in [0.5, 0.6) is 5.75 Å². The Bertz CT molecular complexity index is 1720. The third-order valence-electron chi connectivity index (χ3n) is 7.36. The summed E-state index contributed by atoms with van der Waals surface area (Å²) in [5.74, 6) is -0.281. The van der Waals surface area contributed by atoms with Crippen LogP contribution in [0.25, 0.3) is 10.9 Å². The van der Waals surface area contributed by atoms with Crippen molar-refractivity contribution in [1.29, 1.82) is 0 Å². The van der Waals surface area contributed by atoms with Crippen LogP contribution in [0, 0.1) is 0 Å². The van der Waals surface area contributed by atoms with Crippen LogP contribution in [0.2, 0.25) is 5.02 Å². The molecule has 0 saturated carbocycles. The molecule has 2 aromatic rings. The number of carbonyl (C=O) groups is 2. The van der Waals surface area contributed by atoms with Crippen molar-refractivity contribution >= 4 is 63.2 Å². The number of pyridine rings is 1. The number of hydrogen-bond donors (Lipinski definition) is 0. The number of aromatic nitrogens is 1. The lowest BCUT2D eigenvalue weighted by Crippen LogP contribution is -2.45. The van der Waals surface area contributed by atoms with E-state index in [0.717, 1.165) is 15.4 Å². The molecule has 0 bridgehead atoms. The number of imide groups is 1. The Balaban J connectivity index is 1.44. The van der Waals surface area contributed by atoms with Crippen molar-refractivity contribution in [2.75, 3.05) is 13.7 Å². The van der Waals surface area contributed by atoms with Crippen LogP contribution in [0.1, 0.15) is 55.4 Å². The van der Waals surface area contributed by atoms with Gasteiger partial charge in [-0.2, -0.15) is 4.90 Å². The molecule has 13 nitrogen and oxygen atoms in total. The fraction of sp³-hybridized carbons (Fsp3) is 0.500. The van der Waals surface area contributed by atoms with Crippen molar-refractivity contribution in [2.45, 2.75) is 96.9 Å². The van der Waals surface area contributed by atoms with Crippen molar-refractivity contribution in [2.24, 2.45) is 9.98 Å². The predicted octanol–water partition coefficient (Wildman–Crippen LogP) is 7.22. The zero-order valence-corrected chi connectivity index (χ0v) is 31.3. The molecule has 4 atom stereocenters. The second-order valence-electron chi connectivity index (χ2n) is 14.0. The fourth-order valence-corrected chi connectivity index (χ4v) is 6.17. The summed E-state index contributed by atoms with van der Waals surface area (Å²) in [6, 6.07) is 5.49. The molecule has 3 aliphatic rings. The van der Waals surface area contributed by atoms with Crippen LogP contribution in [-0.4, -0.2) is 94.7 Å². The number of rotatable bonds is 6. The molecule has 0 aliphatic carbocycles. The molecular weight excluding hydrogens is 722 g/mol. The van der Waals surface area contributed by atoms with Gasteiger partial charge in [-0.3, -0.25) is 9.98 Å². The Hall–Kier alpha value is -3.56. The maximum absolute atomic E-state index is 13.5.